The molecule has 0 bridgehead atoms. The molecule has 0 amide bonds. The Labute approximate surface area is 114 Å². The minimum absolute atomic E-state index is 0.883. The van der Waals surface area contributed by atoms with Gasteiger partial charge >= 0.3 is 0 Å². The van der Waals surface area contributed by atoms with Gasteiger partial charge in [0, 0.05) is 38.4 Å². The number of hydrogen-bond acceptors (Lipinski definition) is 4. The third-order valence-electron chi connectivity index (χ3n) is 2.91. The van der Waals surface area contributed by atoms with Crippen LogP contribution in [0.2, 0.25) is 0 Å². The number of pyridine rings is 2. The molecular formula is C15H20N4. The predicted octanol–water partition coefficient (Wildman–Crippen LogP) is 2.59. The average Bonchev–Trinajstić information content (AvgIpc) is 2.46. The van der Waals surface area contributed by atoms with Crippen LogP contribution in [0.3, 0.4) is 0 Å². The van der Waals surface area contributed by atoms with Crippen LogP contribution in [-0.4, -0.2) is 30.1 Å². The molecular weight excluding hydrogens is 236 g/mol. The fraction of sp³-hybridized carbons (Fsp3) is 0.333. The van der Waals surface area contributed by atoms with Crippen LogP contribution in [0, 0.1) is 0 Å². The second kappa shape index (κ2) is 6.73. The maximum absolute atomic E-state index is 4.57. The van der Waals surface area contributed by atoms with Crippen molar-refractivity contribution in [2.45, 2.75) is 13.3 Å². The molecule has 0 aliphatic rings. The Bertz CT molecular complexity index is 499. The summed E-state index contributed by atoms with van der Waals surface area (Å²) in [7, 11) is 2.06. The number of aromatic nitrogens is 2. The van der Waals surface area contributed by atoms with Crippen LogP contribution in [0.15, 0.2) is 42.6 Å². The van der Waals surface area contributed by atoms with E-state index in [1.54, 1.807) is 0 Å². The molecule has 2 aromatic heterocycles. The van der Waals surface area contributed by atoms with Gasteiger partial charge in [0.1, 0.15) is 11.6 Å². The predicted molar refractivity (Wildman–Crippen MR) is 79.6 cm³/mol. The van der Waals surface area contributed by atoms with Gasteiger partial charge in [-0.25, -0.2) is 4.98 Å². The van der Waals surface area contributed by atoms with Crippen molar-refractivity contribution in [3.63, 3.8) is 0 Å². The van der Waals surface area contributed by atoms with Crippen molar-refractivity contribution >= 4 is 11.6 Å². The Kier molecular flexibility index (Phi) is 4.72. The molecule has 0 radical (unpaired) electrons. The van der Waals surface area contributed by atoms with Crippen molar-refractivity contribution < 1.29 is 0 Å². The Hall–Kier alpha value is -2.10. The van der Waals surface area contributed by atoms with Gasteiger partial charge in [-0.3, -0.25) is 4.98 Å². The Morgan fingerprint density at radius 2 is 2.05 bits per heavy atom. The zero-order valence-electron chi connectivity index (χ0n) is 11.5. The molecule has 2 rings (SSSR count). The van der Waals surface area contributed by atoms with Crippen LogP contribution in [0.1, 0.15) is 12.6 Å². The van der Waals surface area contributed by atoms with Gasteiger partial charge in [0.15, 0.2) is 0 Å². The van der Waals surface area contributed by atoms with E-state index in [1.165, 1.54) is 0 Å². The zero-order chi connectivity index (χ0) is 13.5. The SMILES string of the molecule is CCNc1cccc(N(C)CCc2ccccn2)n1. The monoisotopic (exact) mass is 256 g/mol. The van der Waals surface area contributed by atoms with Gasteiger partial charge < -0.3 is 10.2 Å². The first kappa shape index (κ1) is 13.3. The second-order valence-corrected chi connectivity index (χ2v) is 4.40. The quantitative estimate of drug-likeness (QED) is 0.862. The molecule has 19 heavy (non-hydrogen) atoms. The number of rotatable bonds is 6. The highest BCUT2D eigenvalue weighted by molar-refractivity contribution is 5.46. The van der Waals surface area contributed by atoms with Crippen molar-refractivity contribution in [2.24, 2.45) is 0 Å². The molecule has 2 aromatic rings. The number of nitrogens with one attached hydrogen (secondary N) is 1. The van der Waals surface area contributed by atoms with Gasteiger partial charge in [-0.05, 0) is 31.2 Å². The van der Waals surface area contributed by atoms with E-state index in [2.05, 4.69) is 40.2 Å². The lowest BCUT2D eigenvalue weighted by molar-refractivity contribution is 0.839. The van der Waals surface area contributed by atoms with Gasteiger partial charge in [-0.15, -0.1) is 0 Å². The molecule has 0 aliphatic heterocycles. The van der Waals surface area contributed by atoms with Gasteiger partial charge in [-0.2, -0.15) is 0 Å². The lowest BCUT2D eigenvalue weighted by Gasteiger charge is -2.18. The molecule has 4 heteroatoms. The van der Waals surface area contributed by atoms with Crippen LogP contribution in [0.25, 0.3) is 0 Å². The van der Waals surface area contributed by atoms with E-state index in [1.807, 2.05) is 36.5 Å². The van der Waals surface area contributed by atoms with E-state index >= 15 is 0 Å². The van der Waals surface area contributed by atoms with Crippen LogP contribution >= 0.6 is 0 Å². The third-order valence-corrected chi connectivity index (χ3v) is 2.91. The minimum Gasteiger partial charge on any atom is -0.370 e. The van der Waals surface area contributed by atoms with E-state index in [-0.39, 0.29) is 0 Å². The second-order valence-electron chi connectivity index (χ2n) is 4.40. The molecule has 2 heterocycles. The van der Waals surface area contributed by atoms with Crippen molar-refractivity contribution in [1.29, 1.82) is 0 Å². The molecule has 0 aliphatic carbocycles. The summed E-state index contributed by atoms with van der Waals surface area (Å²) < 4.78 is 0. The molecule has 0 spiro atoms. The summed E-state index contributed by atoms with van der Waals surface area (Å²) in [6, 6.07) is 12.0. The Morgan fingerprint density at radius 3 is 2.79 bits per heavy atom. The highest BCUT2D eigenvalue weighted by Gasteiger charge is 2.04. The molecule has 4 nitrogen and oxygen atoms in total. The van der Waals surface area contributed by atoms with Crippen LogP contribution in [-0.2, 0) is 6.42 Å². The van der Waals surface area contributed by atoms with Gasteiger partial charge in [0.2, 0.25) is 0 Å². The van der Waals surface area contributed by atoms with Crippen LogP contribution < -0.4 is 10.2 Å². The highest BCUT2D eigenvalue weighted by atomic mass is 15.2. The number of hydrogen-bond donors (Lipinski definition) is 1. The standard InChI is InChI=1S/C15H20N4/c1-3-16-14-8-6-9-15(18-14)19(2)12-10-13-7-4-5-11-17-13/h4-9,11H,3,10,12H2,1-2H3,(H,16,18). The molecule has 0 aromatic carbocycles. The summed E-state index contributed by atoms with van der Waals surface area (Å²) in [6.45, 7) is 3.85. The maximum Gasteiger partial charge on any atom is 0.130 e. The Balaban J connectivity index is 1.95. The van der Waals surface area contributed by atoms with E-state index < -0.39 is 0 Å². The number of likely N-dealkylation sites (N-methyl/N-ethyl adjacent to an activating group) is 1. The summed E-state index contributed by atoms with van der Waals surface area (Å²) >= 11 is 0. The first-order chi connectivity index (χ1) is 9.29. The first-order valence-corrected chi connectivity index (χ1v) is 6.61. The molecule has 0 saturated carbocycles. The Morgan fingerprint density at radius 1 is 1.16 bits per heavy atom. The average molecular weight is 256 g/mol. The lowest BCUT2D eigenvalue weighted by atomic mass is 10.2. The largest absolute Gasteiger partial charge is 0.370 e. The van der Waals surface area contributed by atoms with Crippen molar-refractivity contribution in [1.82, 2.24) is 9.97 Å². The molecule has 0 atom stereocenters. The van der Waals surface area contributed by atoms with E-state index in [0.717, 1.165) is 36.8 Å². The summed E-state index contributed by atoms with van der Waals surface area (Å²) in [5.41, 5.74) is 1.11. The smallest absolute Gasteiger partial charge is 0.130 e. The molecule has 1 N–H and O–H groups in total. The lowest BCUT2D eigenvalue weighted by Crippen LogP contribution is -2.22. The topological polar surface area (TPSA) is 41.0 Å². The van der Waals surface area contributed by atoms with E-state index in [4.69, 9.17) is 0 Å². The summed E-state index contributed by atoms with van der Waals surface area (Å²) in [5.74, 6) is 1.90. The van der Waals surface area contributed by atoms with Gasteiger partial charge in [0.05, 0.1) is 0 Å². The maximum atomic E-state index is 4.57. The fourth-order valence-electron chi connectivity index (χ4n) is 1.86. The molecule has 0 unspecified atom stereocenters. The van der Waals surface area contributed by atoms with Crippen LogP contribution in [0.4, 0.5) is 11.6 Å². The molecule has 0 fully saturated rings. The van der Waals surface area contributed by atoms with E-state index in [9.17, 15) is 0 Å². The van der Waals surface area contributed by atoms with Crippen molar-refractivity contribution in [3.05, 3.63) is 48.3 Å². The number of anilines is 2. The summed E-state index contributed by atoms with van der Waals surface area (Å²) in [4.78, 5) is 11.0. The summed E-state index contributed by atoms with van der Waals surface area (Å²) in [5, 5.41) is 3.23. The van der Waals surface area contributed by atoms with E-state index in [0.29, 0.717) is 0 Å². The fourth-order valence-corrected chi connectivity index (χ4v) is 1.86. The first-order valence-electron chi connectivity index (χ1n) is 6.61. The molecule has 0 saturated heterocycles. The van der Waals surface area contributed by atoms with Crippen LogP contribution in [0.5, 0.6) is 0 Å². The number of nitrogens with zero attached hydrogens (tertiary/aromatic N) is 3. The van der Waals surface area contributed by atoms with Crippen molar-refractivity contribution in [3.8, 4) is 0 Å². The normalized spacial score (nSPS) is 10.2. The summed E-state index contributed by atoms with van der Waals surface area (Å²) in [6.07, 6.45) is 2.75. The molecule has 100 valence electrons. The van der Waals surface area contributed by atoms with Gasteiger partial charge in [-0.1, -0.05) is 12.1 Å². The highest BCUT2D eigenvalue weighted by Crippen LogP contribution is 2.13. The minimum atomic E-state index is 0.883. The zero-order valence-corrected chi connectivity index (χ0v) is 11.5. The van der Waals surface area contributed by atoms with Crippen molar-refractivity contribution in [2.75, 3.05) is 30.4 Å². The third kappa shape index (κ3) is 3.95. The van der Waals surface area contributed by atoms with Gasteiger partial charge in [0.25, 0.3) is 0 Å².